The average molecular weight is 499 g/mol. The Bertz CT molecular complexity index is 1240. The molecule has 1 heterocycles. The third-order valence-corrected chi connectivity index (χ3v) is 8.88. The maximum atomic E-state index is 13.6. The molecule has 4 saturated carbocycles. The molecule has 7 rings (SSSR count). The fourth-order valence-electron chi connectivity index (χ4n) is 7.33. The topological polar surface area (TPSA) is 83.2 Å². The standard InChI is InChI=1S/C31H36N3O3/c1-31(18-25-19-33-27-10-6-5-9-26(25)27,29(35)32-12-11-20-7-3-2-4-8-20)34-30(36)37-28-23-14-21-13-22(16-23)17-24(28)15-21/h2-11,19,21-24,28,33H,12-18H2,1H3,(H,32,35)(H,34,36). The average Bonchev–Trinajstić information content (AvgIpc) is 3.29. The summed E-state index contributed by atoms with van der Waals surface area (Å²) in [5.74, 6) is 2.33. The minimum absolute atomic E-state index is 0.0281. The maximum Gasteiger partial charge on any atom is 0.408 e. The molecular formula is C31H36N3O3. The first-order valence-electron chi connectivity index (χ1n) is 13.7. The number of aromatic nitrogens is 1. The summed E-state index contributed by atoms with van der Waals surface area (Å²) >= 11 is 0. The van der Waals surface area contributed by atoms with Gasteiger partial charge in [0.25, 0.3) is 0 Å². The quantitative estimate of drug-likeness (QED) is 0.389. The van der Waals surface area contributed by atoms with Gasteiger partial charge in [0.15, 0.2) is 0 Å². The molecule has 2 amide bonds. The molecule has 0 saturated heterocycles. The van der Waals surface area contributed by atoms with E-state index in [2.05, 4.69) is 15.6 Å². The van der Waals surface area contributed by atoms with Crippen molar-refractivity contribution < 1.29 is 14.3 Å². The highest BCUT2D eigenvalue weighted by molar-refractivity contribution is 5.91. The normalized spacial score (nSPS) is 27.5. The molecule has 3 N–H and O–H groups in total. The van der Waals surface area contributed by atoms with E-state index in [0.717, 1.165) is 33.9 Å². The maximum absolute atomic E-state index is 13.6. The Hall–Kier alpha value is -3.28. The predicted octanol–water partition coefficient (Wildman–Crippen LogP) is 5.39. The highest BCUT2D eigenvalue weighted by atomic mass is 16.6. The summed E-state index contributed by atoms with van der Waals surface area (Å²) in [7, 11) is 0. The molecule has 1 radical (unpaired) electrons. The molecule has 37 heavy (non-hydrogen) atoms. The van der Waals surface area contributed by atoms with Gasteiger partial charge in [-0.3, -0.25) is 4.79 Å². The molecule has 6 nitrogen and oxygen atoms in total. The van der Waals surface area contributed by atoms with Crippen LogP contribution in [0, 0.1) is 30.1 Å². The molecule has 0 aliphatic heterocycles. The Balaban J connectivity index is 1.17. The van der Waals surface area contributed by atoms with Crippen molar-refractivity contribution in [1.82, 2.24) is 15.6 Å². The van der Waals surface area contributed by atoms with Gasteiger partial charge in [-0.05, 0) is 79.9 Å². The number of carbonyl (C=O) groups is 2. The van der Waals surface area contributed by atoms with Crippen molar-refractivity contribution in [3.63, 3.8) is 0 Å². The van der Waals surface area contributed by atoms with Crippen LogP contribution in [0.3, 0.4) is 0 Å². The van der Waals surface area contributed by atoms with Crippen molar-refractivity contribution in [2.45, 2.75) is 57.1 Å². The zero-order valence-corrected chi connectivity index (χ0v) is 21.4. The Kier molecular flexibility index (Phi) is 6.43. The zero-order valence-electron chi connectivity index (χ0n) is 21.4. The van der Waals surface area contributed by atoms with E-state index in [9.17, 15) is 9.59 Å². The first-order valence-corrected chi connectivity index (χ1v) is 13.7. The van der Waals surface area contributed by atoms with Crippen LogP contribution in [-0.2, 0) is 16.0 Å². The number of alkyl carbamates (subject to hydrolysis) is 1. The summed E-state index contributed by atoms with van der Waals surface area (Å²) in [4.78, 5) is 30.2. The highest BCUT2D eigenvalue weighted by Gasteiger charge is 2.50. The number of fused-ring (bicyclic) bond motifs is 1. The first-order chi connectivity index (χ1) is 18.0. The second kappa shape index (κ2) is 9.88. The van der Waals surface area contributed by atoms with Crippen LogP contribution >= 0.6 is 0 Å². The number of H-pyrrole nitrogens is 1. The van der Waals surface area contributed by atoms with E-state index in [4.69, 9.17) is 4.74 Å². The minimum atomic E-state index is -1.17. The number of hydrogen-bond acceptors (Lipinski definition) is 3. The van der Waals surface area contributed by atoms with E-state index in [1.165, 1.54) is 32.1 Å². The van der Waals surface area contributed by atoms with Crippen LogP contribution in [0.2, 0.25) is 0 Å². The molecule has 3 aromatic rings. The van der Waals surface area contributed by atoms with Gasteiger partial charge in [0.05, 0.1) is 0 Å². The summed E-state index contributed by atoms with van der Waals surface area (Å²) in [5, 5.41) is 7.07. The van der Waals surface area contributed by atoms with Gasteiger partial charge in [0.2, 0.25) is 5.91 Å². The second-order valence-corrected chi connectivity index (χ2v) is 11.6. The van der Waals surface area contributed by atoms with Gasteiger partial charge in [0.1, 0.15) is 11.6 Å². The number of hydrogen-bond donors (Lipinski definition) is 3. The third-order valence-electron chi connectivity index (χ3n) is 8.88. The summed E-state index contributed by atoms with van der Waals surface area (Å²) in [5.41, 5.74) is 1.86. The molecule has 6 heteroatoms. The SMILES string of the molecule is CC(Cc1c[nH]c2ccccc12)(NC(=O)OC1C2CC3CC(C2)CC1C3)C(=O)NC[CH]c1ccccc1. The number of carbonyl (C=O) groups excluding carboxylic acids is 2. The molecule has 4 fully saturated rings. The number of ether oxygens (including phenoxy) is 1. The van der Waals surface area contributed by atoms with Crippen LogP contribution in [-0.4, -0.2) is 35.2 Å². The van der Waals surface area contributed by atoms with Crippen molar-refractivity contribution in [2.75, 3.05) is 6.54 Å². The van der Waals surface area contributed by atoms with Crippen molar-refractivity contribution >= 4 is 22.9 Å². The van der Waals surface area contributed by atoms with Crippen LogP contribution < -0.4 is 10.6 Å². The Morgan fingerprint density at radius 3 is 2.38 bits per heavy atom. The van der Waals surface area contributed by atoms with E-state index >= 15 is 0 Å². The van der Waals surface area contributed by atoms with Gasteiger partial charge in [-0.25, -0.2) is 4.79 Å². The van der Waals surface area contributed by atoms with Crippen molar-refractivity contribution in [3.05, 3.63) is 78.3 Å². The Morgan fingerprint density at radius 2 is 1.65 bits per heavy atom. The Labute approximate surface area is 218 Å². The van der Waals surface area contributed by atoms with Crippen molar-refractivity contribution in [2.24, 2.45) is 23.7 Å². The fourth-order valence-corrected chi connectivity index (χ4v) is 7.33. The van der Waals surface area contributed by atoms with Crippen LogP contribution in [0.1, 0.15) is 50.2 Å². The molecule has 1 unspecified atom stereocenters. The van der Waals surface area contributed by atoms with Gasteiger partial charge < -0.3 is 20.4 Å². The summed E-state index contributed by atoms with van der Waals surface area (Å²) < 4.78 is 6.11. The van der Waals surface area contributed by atoms with E-state index in [1.54, 1.807) is 6.92 Å². The van der Waals surface area contributed by atoms with Gasteiger partial charge in [-0.1, -0.05) is 48.5 Å². The molecule has 4 bridgehead atoms. The number of benzene rings is 2. The Morgan fingerprint density at radius 1 is 0.973 bits per heavy atom. The largest absolute Gasteiger partial charge is 0.446 e. The smallest absolute Gasteiger partial charge is 0.408 e. The lowest BCUT2D eigenvalue weighted by Crippen LogP contribution is -2.59. The van der Waals surface area contributed by atoms with E-state index in [-0.39, 0.29) is 12.0 Å². The third kappa shape index (κ3) is 4.98. The molecule has 1 aromatic heterocycles. The molecule has 4 aliphatic rings. The molecule has 193 valence electrons. The molecule has 4 aliphatic carbocycles. The number of para-hydroxylation sites is 1. The second-order valence-electron chi connectivity index (χ2n) is 11.6. The van der Waals surface area contributed by atoms with E-state index in [1.807, 2.05) is 67.2 Å². The van der Waals surface area contributed by atoms with Gasteiger partial charge in [-0.15, -0.1) is 0 Å². The van der Waals surface area contributed by atoms with Crippen LogP contribution in [0.25, 0.3) is 10.9 Å². The minimum Gasteiger partial charge on any atom is -0.446 e. The number of amides is 2. The van der Waals surface area contributed by atoms with E-state index < -0.39 is 11.6 Å². The lowest BCUT2D eigenvalue weighted by Gasteiger charge is -2.53. The molecule has 0 spiro atoms. The van der Waals surface area contributed by atoms with Gasteiger partial charge >= 0.3 is 6.09 Å². The summed E-state index contributed by atoms with van der Waals surface area (Å²) in [6, 6.07) is 17.9. The van der Waals surface area contributed by atoms with Gasteiger partial charge in [0, 0.05) is 36.5 Å². The zero-order chi connectivity index (χ0) is 25.4. The molecule has 2 aromatic carbocycles. The lowest BCUT2D eigenvalue weighted by atomic mass is 9.55. The summed E-state index contributed by atoms with van der Waals surface area (Å²) in [6.45, 7) is 2.17. The highest BCUT2D eigenvalue weighted by Crippen LogP contribution is 2.54. The van der Waals surface area contributed by atoms with Gasteiger partial charge in [-0.2, -0.15) is 0 Å². The molecule has 1 atom stereocenters. The van der Waals surface area contributed by atoms with Crippen LogP contribution in [0.15, 0.2) is 60.8 Å². The first kappa shape index (κ1) is 24.1. The number of aromatic amines is 1. The monoisotopic (exact) mass is 498 g/mol. The summed E-state index contributed by atoms with van der Waals surface area (Å²) in [6.07, 6.45) is 9.79. The number of rotatable bonds is 8. The fraction of sp³-hybridized carbons (Fsp3) is 0.452. The van der Waals surface area contributed by atoms with Crippen molar-refractivity contribution in [1.29, 1.82) is 0 Å². The molecular weight excluding hydrogens is 462 g/mol. The lowest BCUT2D eigenvalue weighted by molar-refractivity contribution is -0.127. The van der Waals surface area contributed by atoms with E-state index in [0.29, 0.717) is 24.8 Å². The van der Waals surface area contributed by atoms with Crippen LogP contribution in [0.4, 0.5) is 4.79 Å². The predicted molar refractivity (Wildman–Crippen MR) is 144 cm³/mol. The van der Waals surface area contributed by atoms with Crippen LogP contribution in [0.5, 0.6) is 0 Å². The van der Waals surface area contributed by atoms with Crippen molar-refractivity contribution in [3.8, 4) is 0 Å². The number of nitrogens with one attached hydrogen (secondary N) is 3.